The van der Waals surface area contributed by atoms with Crippen LogP contribution in [0.3, 0.4) is 0 Å². The molecule has 0 fully saturated rings. The number of nitrogens with zero attached hydrogens (tertiary/aromatic N) is 1. The number of methoxy groups -OCH3 is 1. The fourth-order valence-corrected chi connectivity index (χ4v) is 1.85. The second-order valence-corrected chi connectivity index (χ2v) is 4.43. The van der Waals surface area contributed by atoms with Gasteiger partial charge in [0.2, 0.25) is 5.88 Å². The maximum atomic E-state index is 11.6. The zero-order valence-electron chi connectivity index (χ0n) is 12.1. The molecule has 1 unspecified atom stereocenters. The summed E-state index contributed by atoms with van der Waals surface area (Å²) in [4.78, 5) is 15.7. The average Bonchev–Trinajstić information content (AvgIpc) is 2.53. The van der Waals surface area contributed by atoms with E-state index in [2.05, 4.69) is 10.3 Å². The highest BCUT2D eigenvalue weighted by atomic mass is 16.5. The minimum absolute atomic E-state index is 0.284. The number of carbonyl (C=O) groups excluding carboxylic acids is 1. The van der Waals surface area contributed by atoms with Crippen molar-refractivity contribution in [3.63, 3.8) is 0 Å². The Morgan fingerprint density at radius 3 is 2.81 bits per heavy atom. The normalized spacial score (nSPS) is 11.5. The van der Waals surface area contributed by atoms with Gasteiger partial charge >= 0.3 is 5.97 Å². The highest BCUT2D eigenvalue weighted by molar-refractivity contribution is 5.79. The number of rotatable bonds is 6. The van der Waals surface area contributed by atoms with E-state index in [4.69, 9.17) is 9.47 Å². The van der Waals surface area contributed by atoms with Gasteiger partial charge in [-0.05, 0) is 24.6 Å². The highest BCUT2D eigenvalue weighted by Gasteiger charge is 2.16. The molecule has 5 heteroatoms. The molecule has 21 heavy (non-hydrogen) atoms. The maximum absolute atomic E-state index is 11.6. The molecule has 2 aromatic rings. The molecule has 1 heterocycles. The van der Waals surface area contributed by atoms with Gasteiger partial charge in [0, 0.05) is 24.0 Å². The van der Waals surface area contributed by atoms with Crippen molar-refractivity contribution < 1.29 is 14.3 Å². The fourth-order valence-electron chi connectivity index (χ4n) is 1.85. The van der Waals surface area contributed by atoms with Crippen molar-refractivity contribution in [1.29, 1.82) is 0 Å². The van der Waals surface area contributed by atoms with E-state index in [-0.39, 0.29) is 12.0 Å². The van der Waals surface area contributed by atoms with Gasteiger partial charge in [-0.1, -0.05) is 19.1 Å². The number of hydrogen-bond acceptors (Lipinski definition) is 5. The minimum Gasteiger partial charge on any atom is -0.467 e. The van der Waals surface area contributed by atoms with E-state index >= 15 is 0 Å². The van der Waals surface area contributed by atoms with Crippen LogP contribution < -0.4 is 10.1 Å². The average molecular weight is 286 g/mol. The van der Waals surface area contributed by atoms with Crippen LogP contribution in [-0.2, 0) is 9.53 Å². The Morgan fingerprint density at radius 2 is 2.14 bits per heavy atom. The first kappa shape index (κ1) is 14.8. The minimum atomic E-state index is -0.375. The van der Waals surface area contributed by atoms with Gasteiger partial charge in [0.1, 0.15) is 11.8 Å². The van der Waals surface area contributed by atoms with Crippen molar-refractivity contribution in [2.75, 3.05) is 12.4 Å². The molecule has 110 valence electrons. The molecule has 0 aliphatic rings. The highest BCUT2D eigenvalue weighted by Crippen LogP contribution is 2.23. The van der Waals surface area contributed by atoms with Crippen LogP contribution in [0.2, 0.25) is 0 Å². The molecular formula is C16H18N2O3. The molecule has 0 aliphatic heterocycles. The predicted molar refractivity (Wildman–Crippen MR) is 80.5 cm³/mol. The van der Waals surface area contributed by atoms with Gasteiger partial charge in [0.25, 0.3) is 0 Å². The van der Waals surface area contributed by atoms with E-state index in [0.29, 0.717) is 18.1 Å². The second-order valence-electron chi connectivity index (χ2n) is 4.43. The van der Waals surface area contributed by atoms with E-state index in [9.17, 15) is 4.79 Å². The van der Waals surface area contributed by atoms with Crippen molar-refractivity contribution in [2.45, 2.75) is 19.4 Å². The molecule has 0 aliphatic carbocycles. The van der Waals surface area contributed by atoms with Crippen LogP contribution in [0.25, 0.3) is 0 Å². The van der Waals surface area contributed by atoms with E-state index in [0.717, 1.165) is 5.69 Å². The van der Waals surface area contributed by atoms with E-state index < -0.39 is 0 Å². The summed E-state index contributed by atoms with van der Waals surface area (Å²) >= 11 is 0. The van der Waals surface area contributed by atoms with E-state index in [1.807, 2.05) is 43.3 Å². The smallest absolute Gasteiger partial charge is 0.328 e. The number of hydrogen-bond donors (Lipinski definition) is 1. The van der Waals surface area contributed by atoms with Crippen LogP contribution in [-0.4, -0.2) is 24.1 Å². The van der Waals surface area contributed by atoms with Crippen molar-refractivity contribution in [3.8, 4) is 11.6 Å². The second kappa shape index (κ2) is 7.28. The largest absolute Gasteiger partial charge is 0.467 e. The first-order valence-corrected chi connectivity index (χ1v) is 6.76. The monoisotopic (exact) mass is 286 g/mol. The van der Waals surface area contributed by atoms with Crippen molar-refractivity contribution >= 4 is 11.7 Å². The van der Waals surface area contributed by atoms with Crippen LogP contribution in [0.1, 0.15) is 13.3 Å². The number of anilines is 1. The molecule has 1 aromatic heterocycles. The Kier molecular flexibility index (Phi) is 5.15. The molecular weight excluding hydrogens is 268 g/mol. The Labute approximate surface area is 123 Å². The molecule has 1 N–H and O–H groups in total. The van der Waals surface area contributed by atoms with Crippen LogP contribution in [0.15, 0.2) is 48.7 Å². The lowest BCUT2D eigenvalue weighted by Crippen LogP contribution is -2.29. The summed E-state index contributed by atoms with van der Waals surface area (Å²) in [7, 11) is 1.38. The molecule has 0 saturated heterocycles. The summed E-state index contributed by atoms with van der Waals surface area (Å²) in [5.41, 5.74) is 0.792. The molecule has 0 spiro atoms. The quantitative estimate of drug-likeness (QED) is 0.826. The third kappa shape index (κ3) is 4.21. The Morgan fingerprint density at radius 1 is 1.29 bits per heavy atom. The number of aromatic nitrogens is 1. The first-order valence-electron chi connectivity index (χ1n) is 6.76. The van der Waals surface area contributed by atoms with Gasteiger partial charge in [0.15, 0.2) is 0 Å². The number of esters is 1. The lowest BCUT2D eigenvalue weighted by atomic mass is 10.2. The molecule has 5 nitrogen and oxygen atoms in total. The number of ether oxygens (including phenoxy) is 2. The van der Waals surface area contributed by atoms with Crippen LogP contribution >= 0.6 is 0 Å². The molecule has 0 bridgehead atoms. The van der Waals surface area contributed by atoms with Gasteiger partial charge in [-0.2, -0.15) is 0 Å². The van der Waals surface area contributed by atoms with E-state index in [1.165, 1.54) is 7.11 Å². The third-order valence-corrected chi connectivity index (χ3v) is 2.93. The van der Waals surface area contributed by atoms with E-state index in [1.54, 1.807) is 12.3 Å². The Bertz CT molecular complexity index is 587. The summed E-state index contributed by atoms with van der Waals surface area (Å²) < 4.78 is 10.4. The Balaban J connectivity index is 2.08. The fraction of sp³-hybridized carbons (Fsp3) is 0.250. The predicted octanol–water partition coefficient (Wildman–Crippen LogP) is 3.24. The summed E-state index contributed by atoms with van der Waals surface area (Å²) in [5.74, 6) is 0.890. The first-order chi connectivity index (χ1) is 10.2. The van der Waals surface area contributed by atoms with Crippen molar-refractivity contribution in [1.82, 2.24) is 4.98 Å². The molecule has 0 saturated carbocycles. The summed E-state index contributed by atoms with van der Waals surface area (Å²) in [5, 5.41) is 3.13. The number of carbonyl (C=O) groups is 1. The number of pyridine rings is 1. The van der Waals surface area contributed by atoms with Gasteiger partial charge in [-0.15, -0.1) is 0 Å². The van der Waals surface area contributed by atoms with Crippen molar-refractivity contribution in [2.24, 2.45) is 0 Å². The molecule has 0 amide bonds. The summed E-state index contributed by atoms with van der Waals surface area (Å²) in [6.45, 7) is 1.92. The lowest BCUT2D eigenvalue weighted by molar-refractivity contribution is -0.141. The summed E-state index contributed by atoms with van der Waals surface area (Å²) in [6.07, 6.45) is 2.31. The zero-order valence-corrected chi connectivity index (χ0v) is 12.1. The zero-order chi connectivity index (χ0) is 15.1. The molecule has 1 atom stereocenters. The molecule has 0 radical (unpaired) electrons. The standard InChI is InChI=1S/C16H18N2O3/c1-3-14(16(19)20-2)18-12-7-6-8-13(11-12)21-15-9-4-5-10-17-15/h4-11,14,18H,3H2,1-2H3. The Hall–Kier alpha value is -2.56. The number of benzene rings is 1. The maximum Gasteiger partial charge on any atom is 0.328 e. The van der Waals surface area contributed by atoms with Gasteiger partial charge in [0.05, 0.1) is 7.11 Å². The molecule has 1 aromatic carbocycles. The number of nitrogens with one attached hydrogen (secondary N) is 1. The SMILES string of the molecule is CCC(Nc1cccc(Oc2ccccn2)c1)C(=O)OC. The van der Waals surface area contributed by atoms with Crippen LogP contribution in [0.4, 0.5) is 5.69 Å². The van der Waals surface area contributed by atoms with Crippen molar-refractivity contribution in [3.05, 3.63) is 48.7 Å². The van der Waals surface area contributed by atoms with Gasteiger partial charge < -0.3 is 14.8 Å². The lowest BCUT2D eigenvalue weighted by Gasteiger charge is -2.16. The van der Waals surface area contributed by atoms with Crippen LogP contribution in [0.5, 0.6) is 11.6 Å². The topological polar surface area (TPSA) is 60.5 Å². The molecule has 2 rings (SSSR count). The summed E-state index contributed by atoms with van der Waals surface area (Å²) in [6, 6.07) is 12.5. The van der Waals surface area contributed by atoms with Gasteiger partial charge in [-0.25, -0.2) is 9.78 Å². The van der Waals surface area contributed by atoms with Crippen LogP contribution in [0, 0.1) is 0 Å². The third-order valence-electron chi connectivity index (χ3n) is 2.93. The van der Waals surface area contributed by atoms with Gasteiger partial charge in [-0.3, -0.25) is 0 Å².